The lowest BCUT2D eigenvalue weighted by Crippen LogP contribution is -2.01. The van der Waals surface area contributed by atoms with Gasteiger partial charge in [0.05, 0.1) is 0 Å². The maximum atomic E-state index is 12.6. The van der Waals surface area contributed by atoms with Crippen molar-refractivity contribution in [2.45, 2.75) is 12.8 Å². The molecule has 4 aromatic carbocycles. The van der Waals surface area contributed by atoms with Gasteiger partial charge in [-0.05, 0) is 39.9 Å². The van der Waals surface area contributed by atoms with E-state index in [0.717, 1.165) is 17.4 Å². The maximum Gasteiger partial charge on any atom is 0.163 e. The van der Waals surface area contributed by atoms with Gasteiger partial charge in [-0.2, -0.15) is 0 Å². The normalized spacial score (nSPS) is 10.8. The second kappa shape index (κ2) is 7.37. The van der Waals surface area contributed by atoms with E-state index in [1.807, 2.05) is 48.5 Å². The van der Waals surface area contributed by atoms with Crippen molar-refractivity contribution in [2.75, 3.05) is 0 Å². The average molecular weight is 336 g/mol. The molecule has 0 heterocycles. The number of ketones is 1. The highest BCUT2D eigenvalue weighted by molar-refractivity contribution is 6.00. The van der Waals surface area contributed by atoms with E-state index in [1.165, 1.54) is 22.1 Å². The van der Waals surface area contributed by atoms with Gasteiger partial charge >= 0.3 is 0 Å². The predicted octanol–water partition coefficient (Wildman–Crippen LogP) is 6.32. The number of fused-ring (bicyclic) bond motifs is 1. The predicted molar refractivity (Wildman–Crippen MR) is 108 cm³/mol. The highest BCUT2D eigenvalue weighted by Crippen LogP contribution is 2.21. The topological polar surface area (TPSA) is 17.1 Å². The highest BCUT2D eigenvalue weighted by Gasteiger charge is 2.07. The summed E-state index contributed by atoms with van der Waals surface area (Å²) in [6.07, 6.45) is 1.30. The van der Waals surface area contributed by atoms with Crippen molar-refractivity contribution in [1.29, 1.82) is 0 Å². The largest absolute Gasteiger partial charge is 0.294 e. The zero-order valence-corrected chi connectivity index (χ0v) is 14.6. The fourth-order valence-electron chi connectivity index (χ4n) is 3.26. The van der Waals surface area contributed by atoms with E-state index in [4.69, 9.17) is 0 Å². The molecule has 0 aromatic heterocycles. The molecule has 0 unspecified atom stereocenters. The number of Topliss-reactive ketones (excluding diaryl/α,β-unsaturated/α-hetero) is 1. The van der Waals surface area contributed by atoms with Gasteiger partial charge < -0.3 is 0 Å². The fraction of sp³-hybridized carbons (Fsp3) is 0.0800. The van der Waals surface area contributed by atoms with Crippen LogP contribution in [-0.4, -0.2) is 5.78 Å². The first-order valence-electron chi connectivity index (χ1n) is 8.96. The standard InChI is InChI=1S/C25H20O/c26-25(24-16-15-21-8-4-5-9-23(21)18-24)17-12-19-10-13-22(14-11-19)20-6-2-1-3-7-20/h1-11,13-16,18H,12,17H2. The van der Waals surface area contributed by atoms with Gasteiger partial charge in [-0.1, -0.05) is 91.0 Å². The Hall–Kier alpha value is -3.19. The first kappa shape index (κ1) is 16.3. The lowest BCUT2D eigenvalue weighted by atomic mass is 9.98. The minimum atomic E-state index is 0.197. The smallest absolute Gasteiger partial charge is 0.163 e. The summed E-state index contributed by atoms with van der Waals surface area (Å²) in [5.74, 6) is 0.197. The number of hydrogen-bond donors (Lipinski definition) is 0. The number of carbonyl (C=O) groups excluding carboxylic acids is 1. The molecular weight excluding hydrogens is 316 g/mol. The van der Waals surface area contributed by atoms with Crippen LogP contribution < -0.4 is 0 Å². The first-order valence-corrected chi connectivity index (χ1v) is 8.96. The Morgan fingerprint density at radius 2 is 1.27 bits per heavy atom. The SMILES string of the molecule is O=C(CCc1ccc(-c2ccccc2)cc1)c1ccc2ccccc2c1. The lowest BCUT2D eigenvalue weighted by Gasteiger charge is -2.06. The van der Waals surface area contributed by atoms with E-state index in [1.54, 1.807) is 0 Å². The summed E-state index contributed by atoms with van der Waals surface area (Å²) in [6.45, 7) is 0. The Morgan fingerprint density at radius 1 is 0.615 bits per heavy atom. The zero-order valence-electron chi connectivity index (χ0n) is 14.6. The molecule has 0 aliphatic rings. The Balaban J connectivity index is 1.43. The van der Waals surface area contributed by atoms with Gasteiger partial charge in [-0.3, -0.25) is 4.79 Å². The molecule has 0 bridgehead atoms. The van der Waals surface area contributed by atoms with Crippen molar-refractivity contribution in [1.82, 2.24) is 0 Å². The van der Waals surface area contributed by atoms with Crippen molar-refractivity contribution in [2.24, 2.45) is 0 Å². The molecule has 1 heteroatoms. The third-order valence-corrected chi connectivity index (χ3v) is 4.77. The summed E-state index contributed by atoms with van der Waals surface area (Å²) in [6, 6.07) is 32.9. The molecule has 0 radical (unpaired) electrons. The van der Waals surface area contributed by atoms with Crippen LogP contribution in [0.3, 0.4) is 0 Å². The number of rotatable bonds is 5. The molecule has 0 saturated carbocycles. The van der Waals surface area contributed by atoms with Crippen LogP contribution in [-0.2, 0) is 6.42 Å². The Bertz CT molecular complexity index is 1030. The van der Waals surface area contributed by atoms with E-state index in [0.29, 0.717) is 6.42 Å². The van der Waals surface area contributed by atoms with Crippen LogP contribution in [0.4, 0.5) is 0 Å². The van der Waals surface area contributed by atoms with E-state index in [9.17, 15) is 4.79 Å². The van der Waals surface area contributed by atoms with Gasteiger partial charge in [-0.25, -0.2) is 0 Å². The van der Waals surface area contributed by atoms with Crippen LogP contribution in [0.2, 0.25) is 0 Å². The van der Waals surface area contributed by atoms with Crippen molar-refractivity contribution >= 4 is 16.6 Å². The minimum Gasteiger partial charge on any atom is -0.294 e. The molecule has 0 amide bonds. The Labute approximate surface area is 153 Å². The summed E-state index contributed by atoms with van der Waals surface area (Å²) in [4.78, 5) is 12.6. The van der Waals surface area contributed by atoms with E-state index in [2.05, 4.69) is 48.5 Å². The monoisotopic (exact) mass is 336 g/mol. The van der Waals surface area contributed by atoms with Crippen molar-refractivity contribution in [3.63, 3.8) is 0 Å². The van der Waals surface area contributed by atoms with Crippen LogP contribution in [0.15, 0.2) is 97.1 Å². The minimum absolute atomic E-state index is 0.197. The van der Waals surface area contributed by atoms with Crippen LogP contribution >= 0.6 is 0 Å². The summed E-state index contributed by atoms with van der Waals surface area (Å²) < 4.78 is 0. The second-order valence-corrected chi connectivity index (χ2v) is 6.55. The summed E-state index contributed by atoms with van der Waals surface area (Å²) >= 11 is 0. The number of hydrogen-bond acceptors (Lipinski definition) is 1. The Kier molecular flexibility index (Phi) is 4.61. The van der Waals surface area contributed by atoms with Gasteiger partial charge in [0.25, 0.3) is 0 Å². The molecule has 0 N–H and O–H groups in total. The fourth-order valence-corrected chi connectivity index (χ4v) is 3.26. The van der Waals surface area contributed by atoms with E-state index < -0.39 is 0 Å². The second-order valence-electron chi connectivity index (χ2n) is 6.55. The molecule has 126 valence electrons. The van der Waals surface area contributed by atoms with Crippen molar-refractivity contribution in [3.05, 3.63) is 108 Å². The van der Waals surface area contributed by atoms with Crippen LogP contribution in [0.25, 0.3) is 21.9 Å². The summed E-state index contributed by atoms with van der Waals surface area (Å²) in [5, 5.41) is 2.28. The maximum absolute atomic E-state index is 12.6. The number of aryl methyl sites for hydroxylation is 1. The molecule has 0 saturated heterocycles. The van der Waals surface area contributed by atoms with E-state index >= 15 is 0 Å². The lowest BCUT2D eigenvalue weighted by molar-refractivity contribution is 0.0983. The van der Waals surface area contributed by atoms with Gasteiger partial charge in [-0.15, -0.1) is 0 Å². The molecule has 0 fully saturated rings. The summed E-state index contributed by atoms with van der Waals surface area (Å²) in [5.41, 5.74) is 4.41. The van der Waals surface area contributed by atoms with Gasteiger partial charge in [0.15, 0.2) is 5.78 Å². The molecular formula is C25H20O. The van der Waals surface area contributed by atoms with Crippen LogP contribution in [0.1, 0.15) is 22.3 Å². The average Bonchev–Trinajstić information content (AvgIpc) is 2.72. The molecule has 0 atom stereocenters. The molecule has 4 rings (SSSR count). The first-order chi connectivity index (χ1) is 12.8. The summed E-state index contributed by atoms with van der Waals surface area (Å²) in [7, 11) is 0. The third-order valence-electron chi connectivity index (χ3n) is 4.77. The van der Waals surface area contributed by atoms with Crippen LogP contribution in [0.5, 0.6) is 0 Å². The van der Waals surface area contributed by atoms with Crippen molar-refractivity contribution in [3.8, 4) is 11.1 Å². The van der Waals surface area contributed by atoms with Gasteiger partial charge in [0.2, 0.25) is 0 Å². The van der Waals surface area contributed by atoms with Gasteiger partial charge in [0.1, 0.15) is 0 Å². The molecule has 0 aliphatic carbocycles. The van der Waals surface area contributed by atoms with Crippen LogP contribution in [0, 0.1) is 0 Å². The number of benzene rings is 4. The third kappa shape index (κ3) is 3.57. The van der Waals surface area contributed by atoms with Gasteiger partial charge in [0, 0.05) is 12.0 Å². The molecule has 26 heavy (non-hydrogen) atoms. The highest BCUT2D eigenvalue weighted by atomic mass is 16.1. The van der Waals surface area contributed by atoms with Crippen molar-refractivity contribution < 1.29 is 4.79 Å². The molecule has 0 aliphatic heterocycles. The molecule has 4 aromatic rings. The Morgan fingerprint density at radius 3 is 2.04 bits per heavy atom. The quantitative estimate of drug-likeness (QED) is 0.390. The molecule has 1 nitrogen and oxygen atoms in total. The van der Waals surface area contributed by atoms with E-state index in [-0.39, 0.29) is 5.78 Å². The zero-order chi connectivity index (χ0) is 17.8. The molecule has 0 spiro atoms. The number of carbonyl (C=O) groups is 1.